The average molecular weight is 579 g/mol. The number of nitrogens with two attached hydrogens (primary N) is 1. The molecule has 1 unspecified atom stereocenters. The Kier molecular flexibility index (Phi) is 6.88. The standard InChI is InChI=1S/C23H27BrN6O5S/c1-23(2,3)35-22(31)29-6-7-32-13(10-29)4-5-30-11-26-19(25)18-20(30)28-21(27-18)36-17-9-16-15(8-14(17)24)33-12-34-16/h8-9,11,13H,4-7,10,12,25H2,1-3H3. The van der Waals surface area contributed by atoms with Crippen LogP contribution in [0.5, 0.6) is 11.5 Å². The third-order valence-electron chi connectivity index (χ3n) is 5.58. The van der Waals surface area contributed by atoms with Crippen molar-refractivity contribution in [3.63, 3.8) is 0 Å². The molecule has 4 heterocycles. The number of benzene rings is 1. The fourth-order valence-corrected chi connectivity index (χ4v) is 5.24. The Labute approximate surface area is 221 Å². The molecule has 13 heteroatoms. The molecule has 1 saturated heterocycles. The number of nitrogens with zero attached hydrogens (tertiary/aromatic N) is 5. The SMILES string of the molecule is CC(C)(C)OC(=O)N1CCOC(CCn2cnc(N)c3nc(Sc4cc5c(cc4Br)OCO5)nc2-3)C1. The number of imidazole rings is 1. The van der Waals surface area contributed by atoms with Crippen LogP contribution < -0.4 is 15.2 Å². The van der Waals surface area contributed by atoms with Crippen LogP contribution in [0.3, 0.4) is 0 Å². The van der Waals surface area contributed by atoms with E-state index in [2.05, 4.69) is 25.9 Å². The molecular formula is C23H27BrN6O5S. The van der Waals surface area contributed by atoms with Crippen molar-refractivity contribution < 1.29 is 23.7 Å². The van der Waals surface area contributed by atoms with Gasteiger partial charge in [0.05, 0.1) is 25.6 Å². The number of aromatic nitrogens is 4. The molecule has 1 fully saturated rings. The molecule has 1 atom stereocenters. The number of hydrogen-bond donors (Lipinski definition) is 1. The number of hydrogen-bond acceptors (Lipinski definition) is 10. The highest BCUT2D eigenvalue weighted by atomic mass is 79.9. The van der Waals surface area contributed by atoms with Crippen molar-refractivity contribution in [1.82, 2.24) is 24.4 Å². The number of anilines is 1. The van der Waals surface area contributed by atoms with Crippen molar-refractivity contribution in [2.75, 3.05) is 32.2 Å². The first-order valence-corrected chi connectivity index (χ1v) is 13.1. The predicted molar refractivity (Wildman–Crippen MR) is 135 cm³/mol. The Morgan fingerprint density at radius 3 is 2.83 bits per heavy atom. The molecule has 36 heavy (non-hydrogen) atoms. The lowest BCUT2D eigenvalue weighted by Gasteiger charge is -2.34. The highest BCUT2D eigenvalue weighted by molar-refractivity contribution is 9.10. The summed E-state index contributed by atoms with van der Waals surface area (Å²) in [6, 6.07) is 3.76. The molecule has 0 spiro atoms. The quantitative estimate of drug-likeness (QED) is 0.474. The molecule has 2 N–H and O–H groups in total. The molecule has 0 saturated carbocycles. The summed E-state index contributed by atoms with van der Waals surface area (Å²) in [5.74, 6) is 2.33. The van der Waals surface area contributed by atoms with E-state index in [1.807, 2.05) is 37.5 Å². The Balaban J connectivity index is 1.28. The fraction of sp³-hybridized carbons (Fsp3) is 0.478. The molecule has 4 aliphatic heterocycles. The molecule has 5 rings (SSSR count). The van der Waals surface area contributed by atoms with Gasteiger partial charge in [0.1, 0.15) is 5.60 Å². The van der Waals surface area contributed by atoms with Crippen LogP contribution in [0.15, 0.2) is 33.0 Å². The summed E-state index contributed by atoms with van der Waals surface area (Å²) in [5, 5.41) is 0.544. The largest absolute Gasteiger partial charge is 0.454 e. The van der Waals surface area contributed by atoms with Gasteiger partial charge in [-0.2, -0.15) is 0 Å². The number of rotatable bonds is 5. The minimum atomic E-state index is -0.537. The van der Waals surface area contributed by atoms with Gasteiger partial charge in [0.2, 0.25) is 6.79 Å². The Bertz CT molecular complexity index is 1250. The molecule has 0 aromatic heterocycles. The molecule has 0 bridgehead atoms. The van der Waals surface area contributed by atoms with Crippen molar-refractivity contribution in [2.45, 2.75) is 55.5 Å². The van der Waals surface area contributed by atoms with E-state index >= 15 is 0 Å². The predicted octanol–water partition coefficient (Wildman–Crippen LogP) is 4.03. The first-order valence-electron chi connectivity index (χ1n) is 11.5. The second kappa shape index (κ2) is 9.94. The number of amides is 1. The van der Waals surface area contributed by atoms with Crippen LogP contribution in [0, 0.1) is 0 Å². The lowest BCUT2D eigenvalue weighted by Crippen LogP contribution is -2.47. The number of carbonyl (C=O) groups excluding carboxylic acids is 1. The van der Waals surface area contributed by atoms with E-state index in [1.165, 1.54) is 11.8 Å². The van der Waals surface area contributed by atoms with E-state index in [9.17, 15) is 4.79 Å². The summed E-state index contributed by atoms with van der Waals surface area (Å²) < 4.78 is 25.1. The molecule has 192 valence electrons. The van der Waals surface area contributed by atoms with Crippen molar-refractivity contribution >= 4 is 39.6 Å². The number of aryl methyl sites for hydroxylation is 1. The topological polar surface area (TPSA) is 127 Å². The minimum absolute atomic E-state index is 0.132. The van der Waals surface area contributed by atoms with E-state index in [-0.39, 0.29) is 19.0 Å². The lowest BCUT2D eigenvalue weighted by atomic mass is 10.2. The van der Waals surface area contributed by atoms with Gasteiger partial charge in [-0.05, 0) is 67.0 Å². The van der Waals surface area contributed by atoms with Crippen LogP contribution in [0.2, 0.25) is 0 Å². The van der Waals surface area contributed by atoms with Crippen LogP contribution in [0.25, 0.3) is 11.5 Å². The zero-order valence-corrected chi connectivity index (χ0v) is 22.6. The molecular weight excluding hydrogens is 552 g/mol. The van der Waals surface area contributed by atoms with Crippen LogP contribution in [-0.4, -0.2) is 68.7 Å². The molecule has 4 aliphatic rings. The van der Waals surface area contributed by atoms with Crippen molar-refractivity contribution in [2.24, 2.45) is 0 Å². The van der Waals surface area contributed by atoms with Crippen LogP contribution in [0.4, 0.5) is 10.6 Å². The number of morpholine rings is 1. The van der Waals surface area contributed by atoms with E-state index in [1.54, 1.807) is 11.2 Å². The van der Waals surface area contributed by atoms with E-state index in [0.29, 0.717) is 66.7 Å². The van der Waals surface area contributed by atoms with Gasteiger partial charge in [-0.1, -0.05) is 0 Å². The molecule has 1 aromatic rings. The molecule has 1 aromatic carbocycles. The van der Waals surface area contributed by atoms with Crippen molar-refractivity contribution in [3.05, 3.63) is 22.9 Å². The zero-order valence-electron chi connectivity index (χ0n) is 20.2. The number of halogens is 1. The van der Waals surface area contributed by atoms with E-state index in [4.69, 9.17) is 29.7 Å². The summed E-state index contributed by atoms with van der Waals surface area (Å²) in [4.78, 5) is 28.7. The zero-order chi connectivity index (χ0) is 25.4. The molecule has 0 aliphatic carbocycles. The Morgan fingerprint density at radius 2 is 2.06 bits per heavy atom. The summed E-state index contributed by atoms with van der Waals surface area (Å²) in [7, 11) is 0. The van der Waals surface area contributed by atoms with E-state index in [0.717, 1.165) is 9.37 Å². The van der Waals surface area contributed by atoms with Crippen LogP contribution >= 0.6 is 27.7 Å². The minimum Gasteiger partial charge on any atom is -0.454 e. The smallest absolute Gasteiger partial charge is 0.410 e. The maximum absolute atomic E-state index is 12.5. The maximum atomic E-state index is 12.5. The van der Waals surface area contributed by atoms with Crippen LogP contribution in [-0.2, 0) is 16.0 Å². The first kappa shape index (κ1) is 24.9. The van der Waals surface area contributed by atoms with E-state index < -0.39 is 5.60 Å². The average Bonchev–Trinajstić information content (AvgIpc) is 3.45. The second-order valence-electron chi connectivity index (χ2n) is 9.45. The summed E-state index contributed by atoms with van der Waals surface area (Å²) in [6.07, 6.45) is 1.87. The summed E-state index contributed by atoms with van der Waals surface area (Å²) in [6.45, 7) is 7.80. The van der Waals surface area contributed by atoms with Gasteiger partial charge in [-0.3, -0.25) is 0 Å². The Morgan fingerprint density at radius 1 is 1.28 bits per heavy atom. The third-order valence-corrected chi connectivity index (χ3v) is 7.42. The lowest BCUT2D eigenvalue weighted by molar-refractivity contribution is -0.0456. The van der Waals surface area contributed by atoms with Gasteiger partial charge < -0.3 is 34.1 Å². The molecule has 1 amide bonds. The van der Waals surface area contributed by atoms with Gasteiger partial charge in [0.25, 0.3) is 0 Å². The van der Waals surface area contributed by atoms with Gasteiger partial charge in [0, 0.05) is 22.5 Å². The van der Waals surface area contributed by atoms with Crippen molar-refractivity contribution in [1.29, 1.82) is 0 Å². The van der Waals surface area contributed by atoms with Crippen LogP contribution in [0.1, 0.15) is 27.2 Å². The third kappa shape index (κ3) is 5.47. The molecule has 11 nitrogen and oxygen atoms in total. The van der Waals surface area contributed by atoms with Gasteiger partial charge in [-0.15, -0.1) is 0 Å². The number of fused-ring (bicyclic) bond motifs is 2. The Hall–Kier alpha value is -2.77. The second-order valence-corrected chi connectivity index (χ2v) is 11.3. The maximum Gasteiger partial charge on any atom is 0.410 e. The monoisotopic (exact) mass is 578 g/mol. The number of ether oxygens (including phenoxy) is 4. The fourth-order valence-electron chi connectivity index (χ4n) is 3.89. The first-order chi connectivity index (χ1) is 17.2. The van der Waals surface area contributed by atoms with Gasteiger partial charge >= 0.3 is 6.09 Å². The number of nitrogen functional groups attached to an aromatic ring is 1. The highest BCUT2D eigenvalue weighted by Crippen LogP contribution is 2.43. The summed E-state index contributed by atoms with van der Waals surface area (Å²) in [5.41, 5.74) is 6.11. The normalized spacial score (nSPS) is 17.6. The van der Waals surface area contributed by atoms with Gasteiger partial charge in [-0.25, -0.2) is 19.7 Å². The summed E-state index contributed by atoms with van der Waals surface area (Å²) >= 11 is 4.97. The van der Waals surface area contributed by atoms with Gasteiger partial charge in [0.15, 0.2) is 34.0 Å². The highest BCUT2D eigenvalue weighted by Gasteiger charge is 2.29. The molecule has 0 radical (unpaired) electrons. The number of carbonyl (C=O) groups is 1. The van der Waals surface area contributed by atoms with Crippen molar-refractivity contribution in [3.8, 4) is 23.0 Å².